The topological polar surface area (TPSA) is 95.6 Å². The summed E-state index contributed by atoms with van der Waals surface area (Å²) in [6.07, 6.45) is 30.7. The van der Waals surface area contributed by atoms with Crippen molar-refractivity contribution in [3.8, 4) is 0 Å². The van der Waals surface area contributed by atoms with E-state index in [0.29, 0.717) is 6.42 Å². The van der Waals surface area contributed by atoms with E-state index in [9.17, 15) is 19.2 Å². The van der Waals surface area contributed by atoms with Crippen molar-refractivity contribution in [2.75, 3.05) is 0 Å². The maximum Gasteiger partial charge on any atom is 0.261 e. The number of hydrogen-bond donors (Lipinski definition) is 2. The molecule has 0 aromatic carbocycles. The molecule has 2 N–H and O–H groups in total. The molecule has 4 amide bonds. The number of unbranched alkanes of at least 4 members (excludes halogenated alkanes) is 20. The third-order valence-electron chi connectivity index (χ3n) is 7.68. The average molecular weight is 548 g/mol. The SMILES string of the molecule is CCCCCCCCCCCCCCCCCCCCCCCC(=O)NNC(=O)C(CC)N1C(=O)C=CC1=O. The number of hydrogen-bond acceptors (Lipinski definition) is 4. The van der Waals surface area contributed by atoms with Crippen molar-refractivity contribution < 1.29 is 19.2 Å². The van der Waals surface area contributed by atoms with Crippen LogP contribution in [0.3, 0.4) is 0 Å². The molecule has 7 nitrogen and oxygen atoms in total. The molecule has 224 valence electrons. The summed E-state index contributed by atoms with van der Waals surface area (Å²) in [6.45, 7) is 3.99. The van der Waals surface area contributed by atoms with Gasteiger partial charge in [0.15, 0.2) is 0 Å². The van der Waals surface area contributed by atoms with Crippen molar-refractivity contribution in [2.45, 2.75) is 168 Å². The Morgan fingerprint density at radius 2 is 0.949 bits per heavy atom. The van der Waals surface area contributed by atoms with E-state index in [0.717, 1.165) is 36.3 Å². The lowest BCUT2D eigenvalue weighted by molar-refractivity contribution is -0.146. The molecular formula is C32H57N3O4. The molecule has 0 aromatic rings. The zero-order chi connectivity index (χ0) is 28.6. The summed E-state index contributed by atoms with van der Waals surface area (Å²) in [4.78, 5) is 48.8. The van der Waals surface area contributed by atoms with Crippen molar-refractivity contribution >= 4 is 23.6 Å². The standard InChI is InChI=1S/C32H57N3O4/c1-3-5-6-7-8-9-10-11-12-13-14-15-16-17-18-19-20-21-22-23-24-25-29(36)33-34-32(39)28(4-2)35-30(37)26-27-31(35)38/h26-28H,3-25H2,1-2H3,(H,33,36)(H,34,39). The number of amides is 4. The first-order valence-electron chi connectivity index (χ1n) is 16.1. The molecular weight excluding hydrogens is 490 g/mol. The van der Waals surface area contributed by atoms with Crippen LogP contribution in [-0.2, 0) is 19.2 Å². The monoisotopic (exact) mass is 547 g/mol. The molecule has 0 spiro atoms. The fourth-order valence-electron chi connectivity index (χ4n) is 5.20. The number of hydrazine groups is 1. The molecule has 1 rings (SSSR count). The summed E-state index contributed by atoms with van der Waals surface area (Å²) in [5.41, 5.74) is 4.76. The van der Waals surface area contributed by atoms with Gasteiger partial charge in [0, 0.05) is 18.6 Å². The highest BCUT2D eigenvalue weighted by molar-refractivity contribution is 6.15. The molecule has 1 heterocycles. The summed E-state index contributed by atoms with van der Waals surface area (Å²) in [6, 6.07) is -0.926. The van der Waals surface area contributed by atoms with Gasteiger partial charge in [-0.2, -0.15) is 0 Å². The van der Waals surface area contributed by atoms with Gasteiger partial charge in [0.2, 0.25) is 5.91 Å². The van der Waals surface area contributed by atoms with E-state index in [-0.39, 0.29) is 12.3 Å². The second-order valence-corrected chi connectivity index (χ2v) is 11.2. The van der Waals surface area contributed by atoms with Crippen LogP contribution in [0.4, 0.5) is 0 Å². The molecule has 0 fully saturated rings. The minimum absolute atomic E-state index is 0.256. The summed E-state index contributed by atoms with van der Waals surface area (Å²) >= 11 is 0. The Bertz CT molecular complexity index is 704. The van der Waals surface area contributed by atoms with Gasteiger partial charge in [0.1, 0.15) is 6.04 Å². The molecule has 0 aliphatic carbocycles. The largest absolute Gasteiger partial charge is 0.273 e. The van der Waals surface area contributed by atoms with Crippen LogP contribution < -0.4 is 10.9 Å². The second-order valence-electron chi connectivity index (χ2n) is 11.2. The van der Waals surface area contributed by atoms with Crippen LogP contribution in [0.15, 0.2) is 12.2 Å². The molecule has 0 bridgehead atoms. The molecule has 0 aromatic heterocycles. The molecule has 7 heteroatoms. The zero-order valence-corrected chi connectivity index (χ0v) is 25.1. The molecule has 1 atom stereocenters. The number of nitrogens with zero attached hydrogens (tertiary/aromatic N) is 1. The van der Waals surface area contributed by atoms with Crippen molar-refractivity contribution in [2.24, 2.45) is 0 Å². The molecule has 1 aliphatic rings. The second kappa shape index (κ2) is 23.7. The van der Waals surface area contributed by atoms with Gasteiger partial charge in [-0.15, -0.1) is 0 Å². The Morgan fingerprint density at radius 1 is 0.590 bits per heavy atom. The highest BCUT2D eigenvalue weighted by Gasteiger charge is 2.34. The van der Waals surface area contributed by atoms with Crippen LogP contribution in [-0.4, -0.2) is 34.6 Å². The predicted octanol–water partition coefficient (Wildman–Crippen LogP) is 7.44. The van der Waals surface area contributed by atoms with E-state index in [1.54, 1.807) is 6.92 Å². The first-order chi connectivity index (χ1) is 19.0. The number of rotatable bonds is 25. The van der Waals surface area contributed by atoms with E-state index < -0.39 is 23.8 Å². The fourth-order valence-corrected chi connectivity index (χ4v) is 5.20. The van der Waals surface area contributed by atoms with Gasteiger partial charge in [-0.1, -0.05) is 142 Å². The van der Waals surface area contributed by atoms with Gasteiger partial charge in [-0.05, 0) is 12.8 Å². The Morgan fingerprint density at radius 3 is 1.31 bits per heavy atom. The van der Waals surface area contributed by atoms with Crippen molar-refractivity contribution in [1.29, 1.82) is 0 Å². The molecule has 1 aliphatic heterocycles. The summed E-state index contributed by atoms with van der Waals surface area (Å²) < 4.78 is 0. The number of carbonyl (C=O) groups is 4. The molecule has 0 saturated heterocycles. The maximum absolute atomic E-state index is 12.3. The molecule has 1 unspecified atom stereocenters. The Labute approximate surface area is 238 Å². The first kappa shape index (κ1) is 34.8. The van der Waals surface area contributed by atoms with Crippen LogP contribution in [0.25, 0.3) is 0 Å². The summed E-state index contributed by atoms with van der Waals surface area (Å²) in [5, 5.41) is 0. The van der Waals surface area contributed by atoms with E-state index in [1.807, 2.05) is 0 Å². The van der Waals surface area contributed by atoms with Crippen molar-refractivity contribution in [3.05, 3.63) is 12.2 Å². The van der Waals surface area contributed by atoms with Crippen molar-refractivity contribution in [3.63, 3.8) is 0 Å². The Balaban J connectivity index is 1.85. The number of imide groups is 1. The quantitative estimate of drug-likeness (QED) is 0.0705. The smallest absolute Gasteiger partial charge is 0.261 e. The lowest BCUT2D eigenvalue weighted by Crippen LogP contribution is -2.53. The lowest BCUT2D eigenvalue weighted by Gasteiger charge is -2.24. The van der Waals surface area contributed by atoms with Crippen LogP contribution in [0.2, 0.25) is 0 Å². The normalized spacial score (nSPS) is 13.7. The van der Waals surface area contributed by atoms with E-state index in [2.05, 4.69) is 17.8 Å². The van der Waals surface area contributed by atoms with E-state index in [4.69, 9.17) is 0 Å². The highest BCUT2D eigenvalue weighted by atomic mass is 16.2. The lowest BCUT2D eigenvalue weighted by atomic mass is 10.0. The van der Waals surface area contributed by atoms with Gasteiger partial charge in [0.25, 0.3) is 17.7 Å². The first-order valence-corrected chi connectivity index (χ1v) is 16.1. The number of carbonyl (C=O) groups excluding carboxylic acids is 4. The molecule has 0 saturated carbocycles. The average Bonchev–Trinajstić information content (AvgIpc) is 3.26. The molecule has 0 radical (unpaired) electrons. The zero-order valence-electron chi connectivity index (χ0n) is 25.1. The van der Waals surface area contributed by atoms with Crippen molar-refractivity contribution in [1.82, 2.24) is 15.8 Å². The van der Waals surface area contributed by atoms with E-state index >= 15 is 0 Å². The third-order valence-corrected chi connectivity index (χ3v) is 7.68. The minimum atomic E-state index is -0.926. The van der Waals surface area contributed by atoms with Crippen LogP contribution in [0, 0.1) is 0 Å². The van der Waals surface area contributed by atoms with Gasteiger partial charge >= 0.3 is 0 Å². The maximum atomic E-state index is 12.3. The minimum Gasteiger partial charge on any atom is -0.273 e. The van der Waals surface area contributed by atoms with Gasteiger partial charge in [0.05, 0.1) is 0 Å². The van der Waals surface area contributed by atoms with Crippen LogP contribution >= 0.6 is 0 Å². The Hall–Kier alpha value is -2.18. The van der Waals surface area contributed by atoms with Gasteiger partial charge in [-0.25, -0.2) is 0 Å². The Kier molecular flexibility index (Phi) is 21.2. The third kappa shape index (κ3) is 17.2. The van der Waals surface area contributed by atoms with Gasteiger partial charge < -0.3 is 0 Å². The number of nitrogens with one attached hydrogen (secondary N) is 2. The van der Waals surface area contributed by atoms with Gasteiger partial charge in [-0.3, -0.25) is 34.9 Å². The predicted molar refractivity (Wildman–Crippen MR) is 159 cm³/mol. The summed E-state index contributed by atoms with van der Waals surface area (Å²) in [7, 11) is 0. The summed E-state index contributed by atoms with van der Waals surface area (Å²) in [5.74, 6) is -1.83. The van der Waals surface area contributed by atoms with Crippen LogP contribution in [0.5, 0.6) is 0 Å². The fraction of sp³-hybridized carbons (Fsp3) is 0.812. The highest BCUT2D eigenvalue weighted by Crippen LogP contribution is 2.15. The van der Waals surface area contributed by atoms with E-state index in [1.165, 1.54) is 116 Å². The van der Waals surface area contributed by atoms with Crippen LogP contribution in [0.1, 0.15) is 162 Å². The molecule has 39 heavy (non-hydrogen) atoms.